The van der Waals surface area contributed by atoms with Crippen LogP contribution in [0.3, 0.4) is 0 Å². The molecular formula is C13H14Cl2FNO3S. The zero-order chi connectivity index (χ0) is 15.8. The quantitative estimate of drug-likeness (QED) is 0.765. The van der Waals surface area contributed by atoms with Gasteiger partial charge in [0.1, 0.15) is 5.82 Å². The topological polar surface area (TPSA) is 54.5 Å². The maximum absolute atomic E-state index is 13.8. The van der Waals surface area contributed by atoms with Crippen LogP contribution in [0.2, 0.25) is 5.02 Å². The number of hydrogen-bond donors (Lipinski definition) is 0. The van der Waals surface area contributed by atoms with Crippen molar-refractivity contribution < 1.29 is 17.6 Å². The predicted molar refractivity (Wildman–Crippen MR) is 78.8 cm³/mol. The van der Waals surface area contributed by atoms with Gasteiger partial charge in [-0.15, -0.1) is 0 Å². The summed E-state index contributed by atoms with van der Waals surface area (Å²) in [5.74, 6) is -1.46. The minimum Gasteiger partial charge on any atom is -0.336 e. The van der Waals surface area contributed by atoms with Gasteiger partial charge in [-0.3, -0.25) is 4.79 Å². The summed E-state index contributed by atoms with van der Waals surface area (Å²) in [6.07, 6.45) is 2.71. The molecule has 116 valence electrons. The average Bonchev–Trinajstić information content (AvgIpc) is 2.40. The van der Waals surface area contributed by atoms with Gasteiger partial charge in [-0.2, -0.15) is 0 Å². The third kappa shape index (κ3) is 3.49. The number of nitrogens with zero attached hydrogens (tertiary/aromatic N) is 1. The molecule has 1 aliphatic rings. The zero-order valence-electron chi connectivity index (χ0n) is 11.3. The molecule has 8 heteroatoms. The summed E-state index contributed by atoms with van der Waals surface area (Å²) < 4.78 is 36.5. The van der Waals surface area contributed by atoms with Crippen molar-refractivity contribution in [3.05, 3.63) is 28.5 Å². The van der Waals surface area contributed by atoms with Crippen LogP contribution >= 0.6 is 22.3 Å². The summed E-state index contributed by atoms with van der Waals surface area (Å²) in [5.41, 5.74) is -0.176. The number of halogens is 3. The Morgan fingerprint density at radius 1 is 1.38 bits per heavy atom. The van der Waals surface area contributed by atoms with E-state index in [0.29, 0.717) is 12.6 Å². The van der Waals surface area contributed by atoms with E-state index in [1.807, 2.05) is 6.92 Å². The fraction of sp³-hybridized carbons (Fsp3) is 0.462. The summed E-state index contributed by atoms with van der Waals surface area (Å²) in [6, 6.07) is 1.74. The van der Waals surface area contributed by atoms with Gasteiger partial charge >= 0.3 is 0 Å². The van der Waals surface area contributed by atoms with Crippen LogP contribution in [0.4, 0.5) is 4.39 Å². The first-order valence-electron chi connectivity index (χ1n) is 6.46. The van der Waals surface area contributed by atoms with E-state index < -0.39 is 25.7 Å². The lowest BCUT2D eigenvalue weighted by molar-refractivity contribution is 0.0635. The molecule has 0 radical (unpaired) electrons. The molecular weight excluding hydrogens is 340 g/mol. The van der Waals surface area contributed by atoms with Crippen LogP contribution in [0.25, 0.3) is 0 Å². The first kappa shape index (κ1) is 16.5. The maximum Gasteiger partial charge on any atom is 0.261 e. The summed E-state index contributed by atoms with van der Waals surface area (Å²) in [5, 5.41) is -0.387. The first-order valence-corrected chi connectivity index (χ1v) is 9.15. The van der Waals surface area contributed by atoms with E-state index in [1.165, 1.54) is 0 Å². The zero-order valence-corrected chi connectivity index (χ0v) is 13.6. The van der Waals surface area contributed by atoms with Gasteiger partial charge in [0.05, 0.1) is 15.5 Å². The van der Waals surface area contributed by atoms with Gasteiger partial charge in [0.2, 0.25) is 0 Å². The number of carbonyl (C=O) groups is 1. The molecule has 21 heavy (non-hydrogen) atoms. The van der Waals surface area contributed by atoms with Crippen LogP contribution in [0, 0.1) is 5.82 Å². The number of amides is 1. The molecule has 1 saturated heterocycles. The van der Waals surface area contributed by atoms with Gasteiger partial charge in [0.15, 0.2) is 0 Å². The highest BCUT2D eigenvalue weighted by Crippen LogP contribution is 2.29. The smallest absolute Gasteiger partial charge is 0.261 e. The Kier molecular flexibility index (Phi) is 4.80. The van der Waals surface area contributed by atoms with E-state index in [4.69, 9.17) is 22.3 Å². The van der Waals surface area contributed by atoms with Crippen LogP contribution in [0.15, 0.2) is 17.0 Å². The Labute approximate surface area is 132 Å². The van der Waals surface area contributed by atoms with E-state index in [2.05, 4.69) is 0 Å². The number of carbonyl (C=O) groups excluding carboxylic acids is 1. The summed E-state index contributed by atoms with van der Waals surface area (Å²) in [7, 11) is 1.07. The fourth-order valence-electron chi connectivity index (χ4n) is 2.42. The molecule has 2 rings (SSSR count). The Bertz CT molecular complexity index is 678. The van der Waals surface area contributed by atoms with E-state index in [0.717, 1.165) is 25.3 Å². The van der Waals surface area contributed by atoms with Gasteiger partial charge in [0.25, 0.3) is 15.0 Å². The molecule has 0 spiro atoms. The summed E-state index contributed by atoms with van der Waals surface area (Å²) in [4.78, 5) is 13.6. The van der Waals surface area contributed by atoms with Crippen molar-refractivity contribution in [2.24, 2.45) is 0 Å². The Hall–Kier alpha value is -0.850. The average molecular weight is 354 g/mol. The lowest BCUT2D eigenvalue weighted by atomic mass is 10.0. The highest BCUT2D eigenvalue weighted by Gasteiger charge is 2.28. The molecule has 0 aromatic heterocycles. The van der Waals surface area contributed by atoms with Crippen LogP contribution in [0.5, 0.6) is 0 Å². The molecule has 1 aliphatic heterocycles. The SMILES string of the molecule is CC1CCCCN1C(=O)c1cc(S(=O)(=O)Cl)cc(F)c1Cl. The lowest BCUT2D eigenvalue weighted by Crippen LogP contribution is -2.42. The largest absolute Gasteiger partial charge is 0.336 e. The molecule has 1 atom stereocenters. The molecule has 1 unspecified atom stereocenters. The summed E-state index contributed by atoms with van der Waals surface area (Å²) in [6.45, 7) is 2.43. The minimum atomic E-state index is -4.14. The molecule has 0 saturated carbocycles. The number of rotatable bonds is 2. The van der Waals surface area contributed by atoms with E-state index >= 15 is 0 Å². The minimum absolute atomic E-state index is 0.00152. The van der Waals surface area contributed by atoms with Crippen molar-refractivity contribution in [3.8, 4) is 0 Å². The van der Waals surface area contributed by atoms with Crippen molar-refractivity contribution in [1.82, 2.24) is 4.90 Å². The molecule has 1 aromatic carbocycles. The van der Waals surface area contributed by atoms with E-state index in [9.17, 15) is 17.6 Å². The van der Waals surface area contributed by atoms with Crippen LogP contribution in [-0.2, 0) is 9.05 Å². The highest BCUT2D eigenvalue weighted by atomic mass is 35.7. The van der Waals surface area contributed by atoms with Crippen molar-refractivity contribution in [3.63, 3.8) is 0 Å². The molecule has 1 fully saturated rings. The van der Waals surface area contributed by atoms with Crippen LogP contribution in [0.1, 0.15) is 36.5 Å². The first-order chi connectivity index (χ1) is 9.71. The molecule has 0 aliphatic carbocycles. The standard InChI is InChI=1S/C13H14Cl2FNO3S/c1-8-4-2-3-5-17(8)13(18)10-6-9(21(15,19)20)7-11(16)12(10)14/h6-8H,2-5H2,1H3. The number of piperidine rings is 1. The monoisotopic (exact) mass is 353 g/mol. The predicted octanol–water partition coefficient (Wildman–Crippen LogP) is 3.42. The number of benzene rings is 1. The van der Waals surface area contributed by atoms with Crippen LogP contribution in [-0.4, -0.2) is 31.8 Å². The molecule has 0 N–H and O–H groups in total. The van der Waals surface area contributed by atoms with Gasteiger partial charge in [0, 0.05) is 23.3 Å². The fourth-order valence-corrected chi connectivity index (χ4v) is 3.38. The van der Waals surface area contributed by atoms with Gasteiger partial charge in [-0.25, -0.2) is 12.8 Å². The normalized spacial score (nSPS) is 19.6. The Balaban J connectivity index is 2.47. The highest BCUT2D eigenvalue weighted by molar-refractivity contribution is 8.13. The second kappa shape index (κ2) is 6.10. The van der Waals surface area contributed by atoms with Gasteiger partial charge in [-0.05, 0) is 38.3 Å². The molecule has 0 bridgehead atoms. The second-order valence-electron chi connectivity index (χ2n) is 5.05. The van der Waals surface area contributed by atoms with Gasteiger partial charge in [-0.1, -0.05) is 11.6 Å². The Morgan fingerprint density at radius 3 is 2.62 bits per heavy atom. The molecule has 1 amide bonds. The van der Waals surface area contributed by atoms with Crippen molar-refractivity contribution >= 4 is 37.2 Å². The number of likely N-dealkylation sites (tertiary alicyclic amines) is 1. The third-order valence-electron chi connectivity index (χ3n) is 3.58. The van der Waals surface area contributed by atoms with Crippen molar-refractivity contribution in [1.29, 1.82) is 0 Å². The van der Waals surface area contributed by atoms with Crippen molar-refractivity contribution in [2.45, 2.75) is 37.1 Å². The Morgan fingerprint density at radius 2 is 2.05 bits per heavy atom. The number of hydrogen-bond acceptors (Lipinski definition) is 3. The van der Waals surface area contributed by atoms with Crippen LogP contribution < -0.4 is 0 Å². The van der Waals surface area contributed by atoms with Gasteiger partial charge < -0.3 is 4.90 Å². The second-order valence-corrected chi connectivity index (χ2v) is 7.99. The third-order valence-corrected chi connectivity index (χ3v) is 5.29. The lowest BCUT2D eigenvalue weighted by Gasteiger charge is -2.33. The van der Waals surface area contributed by atoms with E-state index in [1.54, 1.807) is 4.90 Å². The molecule has 1 heterocycles. The maximum atomic E-state index is 13.8. The molecule has 4 nitrogen and oxygen atoms in total. The van der Waals surface area contributed by atoms with E-state index in [-0.39, 0.29) is 16.6 Å². The molecule has 1 aromatic rings. The van der Waals surface area contributed by atoms with Crippen molar-refractivity contribution in [2.75, 3.05) is 6.54 Å². The summed E-state index contributed by atoms with van der Waals surface area (Å²) >= 11 is 5.82.